The van der Waals surface area contributed by atoms with Crippen LogP contribution in [0.4, 0.5) is 0 Å². The van der Waals surface area contributed by atoms with Crippen molar-refractivity contribution in [3.05, 3.63) is 30.3 Å². The van der Waals surface area contributed by atoms with E-state index in [4.69, 9.17) is 4.74 Å². The summed E-state index contributed by atoms with van der Waals surface area (Å²) in [7, 11) is 0. The molecule has 0 amide bonds. The van der Waals surface area contributed by atoms with Gasteiger partial charge < -0.3 is 4.74 Å². The lowest BCUT2D eigenvalue weighted by atomic mass is 9.86. The highest BCUT2D eigenvalue weighted by atomic mass is 32.2. The lowest BCUT2D eigenvalue weighted by Gasteiger charge is -2.36. The van der Waals surface area contributed by atoms with E-state index in [9.17, 15) is 4.79 Å². The smallest absolute Gasteiger partial charge is 0.303 e. The molecule has 3 heteroatoms. The molecule has 0 radical (unpaired) electrons. The number of hydrogen-bond donors (Lipinski definition) is 0. The van der Waals surface area contributed by atoms with Gasteiger partial charge in [0, 0.05) is 17.6 Å². The maximum atomic E-state index is 11.3. The van der Waals surface area contributed by atoms with Crippen LogP contribution in [-0.4, -0.2) is 17.3 Å². The molecule has 0 bridgehead atoms. The summed E-state index contributed by atoms with van der Waals surface area (Å²) in [5.41, 5.74) is -0.232. The minimum atomic E-state index is -0.232. The topological polar surface area (TPSA) is 26.3 Å². The highest BCUT2D eigenvalue weighted by Crippen LogP contribution is 2.36. The number of esters is 1. The molecule has 1 aromatic rings. The predicted octanol–water partition coefficient (Wildman–Crippen LogP) is 4.04. The zero-order valence-corrected chi connectivity index (χ0v) is 11.7. The molecule has 1 fully saturated rings. The Bertz CT molecular complexity index is 383. The van der Waals surface area contributed by atoms with Gasteiger partial charge in [-0.3, -0.25) is 4.79 Å². The molecule has 0 spiro atoms. The summed E-state index contributed by atoms with van der Waals surface area (Å²) in [5, 5.41) is 0. The highest BCUT2D eigenvalue weighted by Gasteiger charge is 2.35. The largest absolute Gasteiger partial charge is 0.458 e. The average molecular weight is 264 g/mol. The summed E-state index contributed by atoms with van der Waals surface area (Å²) in [5.74, 6) is 0.724. The molecule has 0 saturated heterocycles. The molecule has 0 aliphatic heterocycles. The average Bonchev–Trinajstić information content (AvgIpc) is 2.38. The predicted molar refractivity (Wildman–Crippen MR) is 74.7 cm³/mol. The van der Waals surface area contributed by atoms with Crippen LogP contribution in [-0.2, 0) is 9.53 Å². The second-order valence-electron chi connectivity index (χ2n) is 4.94. The molecule has 0 atom stereocenters. The summed E-state index contributed by atoms with van der Waals surface area (Å²) >= 11 is 1.79. The Labute approximate surface area is 113 Å². The van der Waals surface area contributed by atoms with Gasteiger partial charge in [-0.1, -0.05) is 24.6 Å². The standard InChI is InChI=1S/C15H20O2S/c1-13(16)17-15(10-6-3-7-11-15)12-18-14-8-4-2-5-9-14/h2,4-5,8-9H,3,6-7,10-12H2,1H3. The summed E-state index contributed by atoms with van der Waals surface area (Å²) in [6, 6.07) is 10.3. The van der Waals surface area contributed by atoms with Gasteiger partial charge in [-0.25, -0.2) is 0 Å². The van der Waals surface area contributed by atoms with Crippen LogP contribution in [0.25, 0.3) is 0 Å². The number of benzene rings is 1. The third-order valence-corrected chi connectivity index (χ3v) is 4.65. The van der Waals surface area contributed by atoms with E-state index >= 15 is 0 Å². The van der Waals surface area contributed by atoms with Gasteiger partial charge in [0.25, 0.3) is 0 Å². The normalized spacial score (nSPS) is 18.3. The summed E-state index contributed by atoms with van der Waals surface area (Å²) < 4.78 is 5.64. The van der Waals surface area contributed by atoms with Crippen LogP contribution in [0.2, 0.25) is 0 Å². The minimum Gasteiger partial charge on any atom is -0.458 e. The van der Waals surface area contributed by atoms with Crippen molar-refractivity contribution in [2.24, 2.45) is 0 Å². The van der Waals surface area contributed by atoms with E-state index in [1.165, 1.54) is 31.1 Å². The Morgan fingerprint density at radius 3 is 2.50 bits per heavy atom. The number of hydrogen-bond acceptors (Lipinski definition) is 3. The maximum absolute atomic E-state index is 11.3. The van der Waals surface area contributed by atoms with Gasteiger partial charge in [0.15, 0.2) is 0 Å². The van der Waals surface area contributed by atoms with Crippen molar-refractivity contribution in [1.29, 1.82) is 0 Å². The number of thioether (sulfide) groups is 1. The number of rotatable bonds is 4. The molecule has 18 heavy (non-hydrogen) atoms. The molecular formula is C15H20O2S. The van der Waals surface area contributed by atoms with E-state index < -0.39 is 0 Å². The first-order chi connectivity index (χ1) is 8.70. The molecular weight excluding hydrogens is 244 g/mol. The molecule has 98 valence electrons. The molecule has 1 saturated carbocycles. The Morgan fingerprint density at radius 2 is 1.89 bits per heavy atom. The third-order valence-electron chi connectivity index (χ3n) is 3.37. The van der Waals surface area contributed by atoms with Crippen molar-refractivity contribution in [3.8, 4) is 0 Å². The molecule has 1 aliphatic carbocycles. The Morgan fingerprint density at radius 1 is 1.22 bits per heavy atom. The van der Waals surface area contributed by atoms with Gasteiger partial charge in [-0.05, 0) is 37.8 Å². The first-order valence-electron chi connectivity index (χ1n) is 6.58. The molecule has 0 aromatic heterocycles. The van der Waals surface area contributed by atoms with Gasteiger partial charge in [0.2, 0.25) is 0 Å². The molecule has 0 N–H and O–H groups in total. The molecule has 2 nitrogen and oxygen atoms in total. The zero-order valence-electron chi connectivity index (χ0n) is 10.9. The lowest BCUT2D eigenvalue weighted by molar-refractivity contribution is -0.157. The fourth-order valence-corrected chi connectivity index (χ4v) is 3.64. The van der Waals surface area contributed by atoms with Crippen molar-refractivity contribution >= 4 is 17.7 Å². The van der Waals surface area contributed by atoms with Crippen LogP contribution in [0, 0.1) is 0 Å². The molecule has 2 rings (SSSR count). The zero-order chi connectivity index (χ0) is 12.8. The highest BCUT2D eigenvalue weighted by molar-refractivity contribution is 7.99. The van der Waals surface area contributed by atoms with E-state index in [1.807, 2.05) is 18.2 Å². The van der Waals surface area contributed by atoms with Gasteiger partial charge in [-0.15, -0.1) is 11.8 Å². The van der Waals surface area contributed by atoms with Crippen molar-refractivity contribution in [2.45, 2.75) is 49.5 Å². The van der Waals surface area contributed by atoms with E-state index in [0.29, 0.717) is 0 Å². The number of carbonyl (C=O) groups is 1. The fourth-order valence-electron chi connectivity index (χ4n) is 2.51. The number of ether oxygens (including phenoxy) is 1. The SMILES string of the molecule is CC(=O)OC1(CSc2ccccc2)CCCCC1. The first-order valence-corrected chi connectivity index (χ1v) is 7.56. The molecule has 1 aromatic carbocycles. The Hall–Kier alpha value is -0.960. The Kier molecular flexibility index (Phi) is 4.70. The second-order valence-corrected chi connectivity index (χ2v) is 5.99. The van der Waals surface area contributed by atoms with E-state index in [-0.39, 0.29) is 11.6 Å². The molecule has 0 unspecified atom stereocenters. The van der Waals surface area contributed by atoms with Crippen molar-refractivity contribution < 1.29 is 9.53 Å². The lowest BCUT2D eigenvalue weighted by Crippen LogP contribution is -2.39. The molecule has 1 aliphatic rings. The van der Waals surface area contributed by atoms with Crippen LogP contribution < -0.4 is 0 Å². The van der Waals surface area contributed by atoms with Crippen LogP contribution >= 0.6 is 11.8 Å². The maximum Gasteiger partial charge on any atom is 0.303 e. The van der Waals surface area contributed by atoms with Crippen molar-refractivity contribution in [3.63, 3.8) is 0 Å². The van der Waals surface area contributed by atoms with Crippen LogP contribution in [0.3, 0.4) is 0 Å². The van der Waals surface area contributed by atoms with Crippen molar-refractivity contribution in [1.82, 2.24) is 0 Å². The van der Waals surface area contributed by atoms with E-state index in [0.717, 1.165) is 18.6 Å². The summed E-state index contributed by atoms with van der Waals surface area (Å²) in [6.07, 6.45) is 5.61. The van der Waals surface area contributed by atoms with Crippen molar-refractivity contribution in [2.75, 3.05) is 5.75 Å². The van der Waals surface area contributed by atoms with E-state index in [1.54, 1.807) is 11.8 Å². The first kappa shape index (κ1) is 13.5. The Balaban J connectivity index is 1.99. The van der Waals surface area contributed by atoms with Gasteiger partial charge in [-0.2, -0.15) is 0 Å². The molecule has 0 heterocycles. The van der Waals surface area contributed by atoms with Crippen LogP contribution in [0.1, 0.15) is 39.0 Å². The summed E-state index contributed by atoms with van der Waals surface area (Å²) in [4.78, 5) is 12.5. The van der Waals surface area contributed by atoms with E-state index in [2.05, 4.69) is 12.1 Å². The van der Waals surface area contributed by atoms with Gasteiger partial charge in [0.05, 0.1) is 0 Å². The fraction of sp³-hybridized carbons (Fsp3) is 0.533. The monoisotopic (exact) mass is 264 g/mol. The quantitative estimate of drug-likeness (QED) is 0.606. The van der Waals surface area contributed by atoms with Gasteiger partial charge >= 0.3 is 5.97 Å². The van der Waals surface area contributed by atoms with Gasteiger partial charge in [0.1, 0.15) is 5.60 Å². The van der Waals surface area contributed by atoms with Crippen LogP contribution in [0.15, 0.2) is 35.2 Å². The summed E-state index contributed by atoms with van der Waals surface area (Å²) in [6.45, 7) is 1.52. The number of carbonyl (C=O) groups excluding carboxylic acids is 1. The van der Waals surface area contributed by atoms with Crippen LogP contribution in [0.5, 0.6) is 0 Å². The minimum absolute atomic E-state index is 0.148. The second kappa shape index (κ2) is 6.28. The third kappa shape index (κ3) is 3.77.